The van der Waals surface area contributed by atoms with E-state index in [-0.39, 0.29) is 6.61 Å². The molecule has 2 atom stereocenters. The van der Waals surface area contributed by atoms with Crippen molar-refractivity contribution >= 4 is 20.0 Å². The summed E-state index contributed by atoms with van der Waals surface area (Å²) in [5, 5.41) is 0. The molecule has 0 aliphatic heterocycles. The Hall–Kier alpha value is -0.870. The van der Waals surface area contributed by atoms with Crippen LogP contribution in [0.25, 0.3) is 0 Å². The van der Waals surface area contributed by atoms with Gasteiger partial charge in [-0.05, 0) is 6.42 Å². The SMILES string of the molecule is CCCCO[PH](=O)C(OC(C)=O)C(=O)OC. The fourth-order valence-electron chi connectivity index (χ4n) is 0.858. The van der Waals surface area contributed by atoms with E-state index in [0.29, 0.717) is 0 Å². The highest BCUT2D eigenvalue weighted by molar-refractivity contribution is 7.41. The summed E-state index contributed by atoms with van der Waals surface area (Å²) >= 11 is 0. The van der Waals surface area contributed by atoms with E-state index in [0.717, 1.165) is 26.9 Å². The van der Waals surface area contributed by atoms with Gasteiger partial charge in [0.15, 0.2) is 0 Å². The number of carbonyl (C=O) groups is 2. The van der Waals surface area contributed by atoms with Gasteiger partial charge in [-0.25, -0.2) is 4.79 Å². The number of rotatable bonds is 7. The molecule has 0 aliphatic carbocycles. The van der Waals surface area contributed by atoms with Crippen LogP contribution in [0.1, 0.15) is 26.7 Å². The highest BCUT2D eigenvalue weighted by atomic mass is 31.1. The third kappa shape index (κ3) is 5.88. The first-order chi connectivity index (χ1) is 7.52. The Morgan fingerprint density at radius 2 is 2.00 bits per heavy atom. The molecule has 0 saturated heterocycles. The lowest BCUT2D eigenvalue weighted by Crippen LogP contribution is -2.24. The fraction of sp³-hybridized carbons (Fsp3) is 0.778. The van der Waals surface area contributed by atoms with Gasteiger partial charge < -0.3 is 14.0 Å². The van der Waals surface area contributed by atoms with Crippen molar-refractivity contribution in [2.45, 2.75) is 32.5 Å². The summed E-state index contributed by atoms with van der Waals surface area (Å²) in [6.45, 7) is 3.34. The zero-order valence-corrected chi connectivity index (χ0v) is 10.6. The van der Waals surface area contributed by atoms with Crippen LogP contribution in [-0.2, 0) is 28.2 Å². The largest absolute Gasteiger partial charge is 0.466 e. The third-order valence-corrected chi connectivity index (χ3v) is 2.93. The number of hydrogen-bond donors (Lipinski definition) is 0. The molecule has 0 bridgehead atoms. The Morgan fingerprint density at radius 1 is 1.38 bits per heavy atom. The maximum atomic E-state index is 11.5. The monoisotopic (exact) mass is 252 g/mol. The van der Waals surface area contributed by atoms with Crippen molar-refractivity contribution in [3.8, 4) is 0 Å². The van der Waals surface area contributed by atoms with Gasteiger partial charge in [-0.15, -0.1) is 0 Å². The van der Waals surface area contributed by atoms with Gasteiger partial charge >= 0.3 is 11.9 Å². The van der Waals surface area contributed by atoms with Crippen LogP contribution in [0.15, 0.2) is 0 Å². The number of unbranched alkanes of at least 4 members (excludes halogenated alkanes) is 1. The van der Waals surface area contributed by atoms with Crippen LogP contribution in [0.4, 0.5) is 0 Å². The standard InChI is InChI=1S/C9H17O6P/c1-4-5-6-14-16(12)9(8(11)13-3)15-7(2)10/h9,16H,4-6H2,1-3H3. The second kappa shape index (κ2) is 8.30. The summed E-state index contributed by atoms with van der Waals surface area (Å²) in [5.74, 6) is -3.01. The van der Waals surface area contributed by atoms with Crippen molar-refractivity contribution in [3.05, 3.63) is 0 Å². The lowest BCUT2D eigenvalue weighted by Gasteiger charge is -2.14. The van der Waals surface area contributed by atoms with E-state index in [1.54, 1.807) is 0 Å². The smallest absolute Gasteiger partial charge is 0.357 e. The van der Waals surface area contributed by atoms with E-state index in [4.69, 9.17) is 4.52 Å². The molecule has 0 aromatic heterocycles. The summed E-state index contributed by atoms with van der Waals surface area (Å²) in [6.07, 6.45) is 1.61. The number of esters is 2. The van der Waals surface area contributed by atoms with E-state index in [1.807, 2.05) is 6.92 Å². The van der Waals surface area contributed by atoms with Crippen LogP contribution in [0.5, 0.6) is 0 Å². The van der Waals surface area contributed by atoms with Crippen molar-refractivity contribution in [3.63, 3.8) is 0 Å². The quantitative estimate of drug-likeness (QED) is 0.386. The van der Waals surface area contributed by atoms with Crippen LogP contribution in [-0.4, -0.2) is 31.5 Å². The molecule has 0 aromatic carbocycles. The Morgan fingerprint density at radius 3 is 2.44 bits per heavy atom. The van der Waals surface area contributed by atoms with Gasteiger partial charge in [0, 0.05) is 6.92 Å². The van der Waals surface area contributed by atoms with Crippen LogP contribution in [0, 0.1) is 0 Å². The van der Waals surface area contributed by atoms with Crippen LogP contribution in [0.3, 0.4) is 0 Å². The molecule has 0 amide bonds. The lowest BCUT2D eigenvalue weighted by molar-refractivity contribution is -0.159. The molecule has 0 aromatic rings. The molecule has 0 rings (SSSR count). The van der Waals surface area contributed by atoms with Crippen LogP contribution in [0.2, 0.25) is 0 Å². The van der Waals surface area contributed by atoms with Crippen molar-refractivity contribution in [2.24, 2.45) is 0 Å². The second-order valence-electron chi connectivity index (χ2n) is 3.03. The molecule has 0 radical (unpaired) electrons. The minimum atomic E-state index is -2.77. The van der Waals surface area contributed by atoms with E-state index < -0.39 is 25.8 Å². The third-order valence-electron chi connectivity index (χ3n) is 1.66. The number of ether oxygens (including phenoxy) is 2. The van der Waals surface area contributed by atoms with Gasteiger partial charge in [0.05, 0.1) is 13.7 Å². The van der Waals surface area contributed by atoms with Gasteiger partial charge in [0.1, 0.15) is 0 Å². The molecular formula is C9H17O6P. The molecule has 6 nitrogen and oxygen atoms in total. The predicted octanol–water partition coefficient (Wildman–Crippen LogP) is 1.34. The van der Waals surface area contributed by atoms with Gasteiger partial charge in [0.2, 0.25) is 8.03 Å². The van der Waals surface area contributed by atoms with Gasteiger partial charge in [-0.2, -0.15) is 0 Å². The zero-order chi connectivity index (χ0) is 12.6. The van der Waals surface area contributed by atoms with Crippen LogP contribution < -0.4 is 0 Å². The molecule has 0 N–H and O–H groups in total. The van der Waals surface area contributed by atoms with E-state index >= 15 is 0 Å². The molecule has 0 aliphatic rings. The van der Waals surface area contributed by atoms with Crippen molar-refractivity contribution in [2.75, 3.05) is 13.7 Å². The number of carbonyl (C=O) groups excluding carboxylic acids is 2. The molecule has 0 spiro atoms. The molecule has 0 saturated carbocycles. The number of hydrogen-bond acceptors (Lipinski definition) is 6. The second-order valence-corrected chi connectivity index (χ2v) is 4.48. The molecule has 0 fully saturated rings. The van der Waals surface area contributed by atoms with E-state index in [1.165, 1.54) is 0 Å². The summed E-state index contributed by atoms with van der Waals surface area (Å²) in [4.78, 5) is 21.9. The summed E-state index contributed by atoms with van der Waals surface area (Å²) in [6, 6.07) is 0. The van der Waals surface area contributed by atoms with Crippen molar-refractivity contribution < 1.29 is 28.2 Å². The average Bonchev–Trinajstić information content (AvgIpc) is 2.24. The van der Waals surface area contributed by atoms with Crippen LogP contribution >= 0.6 is 8.03 Å². The van der Waals surface area contributed by atoms with Crippen molar-refractivity contribution in [1.82, 2.24) is 0 Å². The highest BCUT2D eigenvalue weighted by Gasteiger charge is 2.29. The lowest BCUT2D eigenvalue weighted by atomic mass is 10.4. The predicted molar refractivity (Wildman–Crippen MR) is 57.4 cm³/mol. The average molecular weight is 252 g/mol. The molecular weight excluding hydrogens is 235 g/mol. The Balaban J connectivity index is 4.32. The first-order valence-electron chi connectivity index (χ1n) is 4.94. The molecule has 0 heterocycles. The summed E-state index contributed by atoms with van der Waals surface area (Å²) in [5.41, 5.74) is 0. The first kappa shape index (κ1) is 15.1. The summed E-state index contributed by atoms with van der Waals surface area (Å²) < 4.78 is 25.4. The Kier molecular flexibility index (Phi) is 7.85. The number of methoxy groups -OCH3 is 1. The van der Waals surface area contributed by atoms with Gasteiger partial charge in [-0.3, -0.25) is 9.36 Å². The minimum Gasteiger partial charge on any atom is -0.466 e. The maximum Gasteiger partial charge on any atom is 0.357 e. The van der Waals surface area contributed by atoms with Gasteiger partial charge in [0.25, 0.3) is 5.85 Å². The highest BCUT2D eigenvalue weighted by Crippen LogP contribution is 2.31. The van der Waals surface area contributed by atoms with E-state index in [2.05, 4.69) is 9.47 Å². The molecule has 16 heavy (non-hydrogen) atoms. The fourth-order valence-corrected chi connectivity index (χ4v) is 1.93. The van der Waals surface area contributed by atoms with E-state index in [9.17, 15) is 14.2 Å². The molecule has 2 unspecified atom stereocenters. The summed E-state index contributed by atoms with van der Waals surface area (Å²) in [7, 11) is -1.65. The zero-order valence-electron chi connectivity index (χ0n) is 9.65. The molecule has 94 valence electrons. The first-order valence-corrected chi connectivity index (χ1v) is 6.34. The van der Waals surface area contributed by atoms with Gasteiger partial charge in [-0.1, -0.05) is 13.3 Å². The molecule has 7 heteroatoms. The van der Waals surface area contributed by atoms with Crippen molar-refractivity contribution in [1.29, 1.82) is 0 Å². The maximum absolute atomic E-state index is 11.5. The normalized spacial score (nSPS) is 13.9. The minimum absolute atomic E-state index is 0.267. The Labute approximate surface area is 95.1 Å². The Bertz CT molecular complexity index is 265. The topological polar surface area (TPSA) is 78.9 Å².